The number of hydrogen-bond acceptors (Lipinski definition) is 4. The summed E-state index contributed by atoms with van der Waals surface area (Å²) in [7, 11) is -1.09. The van der Waals surface area contributed by atoms with Gasteiger partial charge >= 0.3 is 0 Å². The minimum Gasteiger partial charge on any atom is -0.351 e. The molecule has 0 spiro atoms. The molecule has 2 aliphatic rings. The molecule has 6 heteroatoms. The SMILES string of the molecule is CN(CC(=O)NCc1ccc2c(c1)CCC2)C1CCS(=O)(=O)C1. The average Bonchev–Trinajstić information content (AvgIpc) is 3.10. The Kier molecular flexibility index (Phi) is 4.73. The Hall–Kier alpha value is -1.40. The number of likely N-dealkylation sites (N-methyl/N-ethyl adjacent to an activating group) is 1. The Bertz CT molecular complexity index is 700. The van der Waals surface area contributed by atoms with Gasteiger partial charge in [0.15, 0.2) is 9.84 Å². The summed E-state index contributed by atoms with van der Waals surface area (Å²) >= 11 is 0. The fourth-order valence-corrected chi connectivity index (χ4v) is 5.28. The molecular weight excluding hydrogens is 312 g/mol. The minimum absolute atomic E-state index is 0.0363. The van der Waals surface area contributed by atoms with E-state index in [1.165, 1.54) is 17.5 Å². The van der Waals surface area contributed by atoms with Crippen molar-refractivity contribution in [1.29, 1.82) is 0 Å². The predicted octanol–water partition coefficient (Wildman–Crippen LogP) is 0.910. The summed E-state index contributed by atoms with van der Waals surface area (Å²) in [5.74, 6) is 0.345. The van der Waals surface area contributed by atoms with Crippen molar-refractivity contribution < 1.29 is 13.2 Å². The van der Waals surface area contributed by atoms with Crippen molar-refractivity contribution in [3.05, 3.63) is 34.9 Å². The van der Waals surface area contributed by atoms with Gasteiger partial charge in [-0.25, -0.2) is 8.42 Å². The normalized spacial score (nSPS) is 22.3. The molecule has 126 valence electrons. The van der Waals surface area contributed by atoms with E-state index in [1.807, 2.05) is 11.9 Å². The highest BCUT2D eigenvalue weighted by atomic mass is 32.2. The van der Waals surface area contributed by atoms with Gasteiger partial charge in [-0.3, -0.25) is 9.69 Å². The van der Waals surface area contributed by atoms with E-state index in [0.29, 0.717) is 13.0 Å². The van der Waals surface area contributed by atoms with Crippen molar-refractivity contribution in [2.45, 2.75) is 38.3 Å². The molecule has 1 heterocycles. The second kappa shape index (κ2) is 6.61. The van der Waals surface area contributed by atoms with Crippen LogP contribution in [0.3, 0.4) is 0 Å². The highest BCUT2D eigenvalue weighted by Gasteiger charge is 2.31. The van der Waals surface area contributed by atoms with E-state index in [9.17, 15) is 13.2 Å². The maximum absolute atomic E-state index is 12.1. The lowest BCUT2D eigenvalue weighted by molar-refractivity contribution is -0.122. The van der Waals surface area contributed by atoms with Gasteiger partial charge in [0.1, 0.15) is 0 Å². The first-order valence-electron chi connectivity index (χ1n) is 8.21. The van der Waals surface area contributed by atoms with Crippen molar-refractivity contribution in [1.82, 2.24) is 10.2 Å². The van der Waals surface area contributed by atoms with Gasteiger partial charge < -0.3 is 5.32 Å². The summed E-state index contributed by atoms with van der Waals surface area (Å²) < 4.78 is 23.0. The van der Waals surface area contributed by atoms with Crippen LogP contribution in [0, 0.1) is 0 Å². The predicted molar refractivity (Wildman–Crippen MR) is 90.0 cm³/mol. The van der Waals surface area contributed by atoms with E-state index in [4.69, 9.17) is 0 Å². The number of carbonyl (C=O) groups excluding carboxylic acids is 1. The third-order valence-electron chi connectivity index (χ3n) is 4.88. The molecule has 1 aromatic rings. The minimum atomic E-state index is -2.91. The highest BCUT2D eigenvalue weighted by Crippen LogP contribution is 2.22. The molecular formula is C17H24N2O3S. The van der Waals surface area contributed by atoms with Crippen molar-refractivity contribution in [2.24, 2.45) is 0 Å². The van der Waals surface area contributed by atoms with E-state index in [2.05, 4.69) is 23.5 Å². The Morgan fingerprint density at radius 3 is 2.83 bits per heavy atom. The largest absolute Gasteiger partial charge is 0.351 e. The zero-order valence-electron chi connectivity index (χ0n) is 13.5. The van der Waals surface area contributed by atoms with Crippen LogP contribution in [0.5, 0.6) is 0 Å². The number of nitrogens with one attached hydrogen (secondary N) is 1. The van der Waals surface area contributed by atoms with Crippen LogP contribution in [-0.2, 0) is 34.0 Å². The molecule has 0 bridgehead atoms. The lowest BCUT2D eigenvalue weighted by Gasteiger charge is -2.22. The topological polar surface area (TPSA) is 66.5 Å². The number of amides is 1. The third-order valence-corrected chi connectivity index (χ3v) is 6.63. The van der Waals surface area contributed by atoms with Gasteiger partial charge in [-0.2, -0.15) is 0 Å². The van der Waals surface area contributed by atoms with Gasteiger partial charge in [-0.05, 0) is 49.4 Å². The molecule has 1 atom stereocenters. The van der Waals surface area contributed by atoms with Gasteiger partial charge in [-0.1, -0.05) is 18.2 Å². The van der Waals surface area contributed by atoms with Gasteiger partial charge in [0, 0.05) is 12.6 Å². The summed E-state index contributed by atoms with van der Waals surface area (Å²) in [5.41, 5.74) is 3.97. The van der Waals surface area contributed by atoms with Gasteiger partial charge in [-0.15, -0.1) is 0 Å². The Balaban J connectivity index is 1.48. The molecule has 1 aliphatic heterocycles. The monoisotopic (exact) mass is 336 g/mol. The third kappa shape index (κ3) is 4.12. The molecule has 0 radical (unpaired) electrons. The second-order valence-electron chi connectivity index (χ2n) is 6.71. The summed E-state index contributed by atoms with van der Waals surface area (Å²) in [5, 5.41) is 2.94. The Morgan fingerprint density at radius 2 is 2.09 bits per heavy atom. The number of rotatable bonds is 5. The van der Waals surface area contributed by atoms with Crippen LogP contribution >= 0.6 is 0 Å². The van der Waals surface area contributed by atoms with E-state index < -0.39 is 9.84 Å². The second-order valence-corrected chi connectivity index (χ2v) is 8.93. The number of aryl methyl sites for hydroxylation is 2. The molecule has 1 saturated heterocycles. The van der Waals surface area contributed by atoms with E-state index in [-0.39, 0.29) is 30.0 Å². The lowest BCUT2D eigenvalue weighted by Crippen LogP contribution is -2.41. The van der Waals surface area contributed by atoms with E-state index >= 15 is 0 Å². The first-order valence-corrected chi connectivity index (χ1v) is 10.0. The summed E-state index contributed by atoms with van der Waals surface area (Å²) in [6, 6.07) is 6.40. The molecule has 23 heavy (non-hydrogen) atoms. The fraction of sp³-hybridized carbons (Fsp3) is 0.588. The van der Waals surface area contributed by atoms with Crippen LogP contribution in [-0.4, -0.2) is 50.4 Å². The summed E-state index contributed by atoms with van der Waals surface area (Å²) in [4.78, 5) is 13.9. The first-order chi connectivity index (χ1) is 10.9. The molecule has 1 aromatic carbocycles. The molecule has 0 aromatic heterocycles. The van der Waals surface area contributed by atoms with Crippen LogP contribution in [0.4, 0.5) is 0 Å². The number of nitrogens with zero attached hydrogens (tertiary/aromatic N) is 1. The Labute approximate surface area is 138 Å². The maximum Gasteiger partial charge on any atom is 0.234 e. The molecule has 1 unspecified atom stereocenters. The van der Waals surface area contributed by atoms with Crippen LogP contribution in [0.1, 0.15) is 29.5 Å². The quantitative estimate of drug-likeness (QED) is 0.868. The molecule has 1 amide bonds. The number of benzene rings is 1. The molecule has 1 N–H and O–H groups in total. The van der Waals surface area contributed by atoms with Gasteiger partial charge in [0.2, 0.25) is 5.91 Å². The smallest absolute Gasteiger partial charge is 0.234 e. The molecule has 3 rings (SSSR count). The average molecular weight is 336 g/mol. The van der Waals surface area contributed by atoms with Crippen LogP contribution in [0.2, 0.25) is 0 Å². The van der Waals surface area contributed by atoms with Crippen LogP contribution in [0.15, 0.2) is 18.2 Å². The fourth-order valence-electron chi connectivity index (χ4n) is 3.47. The van der Waals surface area contributed by atoms with Crippen LogP contribution < -0.4 is 5.32 Å². The first kappa shape index (κ1) is 16.5. The molecule has 5 nitrogen and oxygen atoms in total. The number of fused-ring (bicyclic) bond motifs is 1. The molecule has 1 aliphatic carbocycles. The highest BCUT2D eigenvalue weighted by molar-refractivity contribution is 7.91. The zero-order chi connectivity index (χ0) is 16.4. The number of sulfone groups is 1. The van der Waals surface area contributed by atoms with Gasteiger partial charge in [0.25, 0.3) is 0 Å². The standard InChI is InChI=1S/C17H24N2O3S/c1-19(16-7-8-23(21,22)12-16)11-17(20)18-10-13-5-6-14-3-2-4-15(14)9-13/h5-6,9,16H,2-4,7-8,10-12H2,1H3,(H,18,20). The molecule has 1 fully saturated rings. The number of hydrogen-bond donors (Lipinski definition) is 1. The Morgan fingerprint density at radius 1 is 1.30 bits per heavy atom. The van der Waals surface area contributed by atoms with Crippen molar-refractivity contribution in [3.8, 4) is 0 Å². The van der Waals surface area contributed by atoms with Gasteiger partial charge in [0.05, 0.1) is 18.1 Å². The lowest BCUT2D eigenvalue weighted by atomic mass is 10.1. The van der Waals surface area contributed by atoms with E-state index in [1.54, 1.807) is 0 Å². The summed E-state index contributed by atoms with van der Waals surface area (Å²) in [6.07, 6.45) is 4.14. The molecule has 0 saturated carbocycles. The summed E-state index contributed by atoms with van der Waals surface area (Å²) in [6.45, 7) is 0.772. The zero-order valence-corrected chi connectivity index (χ0v) is 14.4. The van der Waals surface area contributed by atoms with Crippen molar-refractivity contribution in [3.63, 3.8) is 0 Å². The maximum atomic E-state index is 12.1. The van der Waals surface area contributed by atoms with Crippen LogP contribution in [0.25, 0.3) is 0 Å². The number of carbonyl (C=O) groups is 1. The van der Waals surface area contributed by atoms with Crippen molar-refractivity contribution in [2.75, 3.05) is 25.1 Å². The van der Waals surface area contributed by atoms with Crippen molar-refractivity contribution >= 4 is 15.7 Å². The van der Waals surface area contributed by atoms with E-state index in [0.717, 1.165) is 18.4 Å².